The van der Waals surface area contributed by atoms with Crippen molar-refractivity contribution in [2.45, 2.75) is 39.2 Å². The van der Waals surface area contributed by atoms with Crippen LogP contribution in [0.4, 0.5) is 0 Å². The zero-order valence-corrected chi connectivity index (χ0v) is 10.8. The number of nitrogens with two attached hydrogens (primary N) is 1. The Bertz CT molecular complexity index is 473. The van der Waals surface area contributed by atoms with Gasteiger partial charge in [-0.1, -0.05) is 37.1 Å². The minimum Gasteiger partial charge on any atom is -0.325 e. The van der Waals surface area contributed by atoms with E-state index in [-0.39, 0.29) is 0 Å². The number of unbranched alkanes of at least 4 members (excludes halogenated alkanes) is 2. The van der Waals surface area contributed by atoms with Crippen LogP contribution in [0.5, 0.6) is 0 Å². The highest BCUT2D eigenvalue weighted by molar-refractivity contribution is 5.33. The van der Waals surface area contributed by atoms with Crippen molar-refractivity contribution in [3.05, 3.63) is 41.7 Å². The van der Waals surface area contributed by atoms with Gasteiger partial charge in [-0.05, 0) is 30.5 Å². The maximum Gasteiger partial charge on any atom is 0.0967 e. The Morgan fingerprint density at radius 3 is 2.56 bits per heavy atom. The lowest BCUT2D eigenvalue weighted by molar-refractivity contribution is 0.717. The number of aryl methyl sites for hydroxylation is 1. The largest absolute Gasteiger partial charge is 0.325 e. The van der Waals surface area contributed by atoms with E-state index < -0.39 is 0 Å². The number of aromatic nitrogens is 3. The first kappa shape index (κ1) is 12.8. The first-order valence-corrected chi connectivity index (χ1v) is 6.54. The number of hydrogen-bond donors (Lipinski definition) is 1. The maximum absolute atomic E-state index is 5.52. The summed E-state index contributed by atoms with van der Waals surface area (Å²) in [6, 6.07) is 8.48. The first-order valence-electron chi connectivity index (χ1n) is 6.54. The predicted octanol–water partition coefficient (Wildman–Crippen LogP) is 2.46. The molecule has 4 nitrogen and oxygen atoms in total. The molecule has 4 heteroatoms. The lowest BCUT2D eigenvalue weighted by atomic mass is 10.1. The molecule has 0 aliphatic carbocycles. The summed E-state index contributed by atoms with van der Waals surface area (Å²) in [7, 11) is 0. The Morgan fingerprint density at radius 1 is 1.17 bits per heavy atom. The summed E-state index contributed by atoms with van der Waals surface area (Å²) in [5.74, 6) is 0. The van der Waals surface area contributed by atoms with Gasteiger partial charge in [-0.2, -0.15) is 0 Å². The highest BCUT2D eigenvalue weighted by Crippen LogP contribution is 2.11. The van der Waals surface area contributed by atoms with Crippen molar-refractivity contribution in [1.82, 2.24) is 15.0 Å². The van der Waals surface area contributed by atoms with Crippen molar-refractivity contribution in [1.29, 1.82) is 0 Å². The van der Waals surface area contributed by atoms with Crippen molar-refractivity contribution in [3.63, 3.8) is 0 Å². The van der Waals surface area contributed by atoms with Gasteiger partial charge >= 0.3 is 0 Å². The van der Waals surface area contributed by atoms with Gasteiger partial charge in [-0.3, -0.25) is 0 Å². The molecule has 0 aliphatic rings. The molecule has 0 unspecified atom stereocenters. The van der Waals surface area contributed by atoms with Crippen LogP contribution in [0, 0.1) is 0 Å². The minimum atomic E-state index is 0.426. The molecule has 2 N–H and O–H groups in total. The number of rotatable bonds is 6. The molecule has 0 fully saturated rings. The Balaban J connectivity index is 2.02. The van der Waals surface area contributed by atoms with Crippen molar-refractivity contribution in [3.8, 4) is 5.69 Å². The van der Waals surface area contributed by atoms with Crippen molar-refractivity contribution < 1.29 is 0 Å². The summed E-state index contributed by atoms with van der Waals surface area (Å²) < 4.78 is 1.76. The number of hydrogen-bond acceptors (Lipinski definition) is 3. The molecular formula is C14H20N4. The number of benzene rings is 1. The van der Waals surface area contributed by atoms with Crippen molar-refractivity contribution >= 4 is 0 Å². The fourth-order valence-corrected chi connectivity index (χ4v) is 1.91. The maximum atomic E-state index is 5.52. The van der Waals surface area contributed by atoms with Crippen LogP contribution in [0.2, 0.25) is 0 Å². The van der Waals surface area contributed by atoms with Crippen molar-refractivity contribution in [2.24, 2.45) is 5.73 Å². The van der Waals surface area contributed by atoms with E-state index in [0.717, 1.165) is 17.8 Å². The van der Waals surface area contributed by atoms with Gasteiger partial charge in [0.2, 0.25) is 0 Å². The second-order valence-electron chi connectivity index (χ2n) is 4.48. The molecule has 1 aromatic carbocycles. The summed E-state index contributed by atoms with van der Waals surface area (Å²) in [6.45, 7) is 2.65. The zero-order chi connectivity index (χ0) is 12.8. The smallest absolute Gasteiger partial charge is 0.0967 e. The van der Waals surface area contributed by atoms with Crippen LogP contribution in [-0.2, 0) is 13.0 Å². The molecule has 0 amide bonds. The Morgan fingerprint density at radius 2 is 1.94 bits per heavy atom. The van der Waals surface area contributed by atoms with E-state index in [9.17, 15) is 0 Å². The summed E-state index contributed by atoms with van der Waals surface area (Å²) in [5.41, 5.74) is 8.73. The molecule has 1 aromatic heterocycles. The van der Waals surface area contributed by atoms with Crippen molar-refractivity contribution in [2.75, 3.05) is 0 Å². The van der Waals surface area contributed by atoms with Crippen LogP contribution < -0.4 is 5.73 Å². The third kappa shape index (κ3) is 3.17. The average molecular weight is 244 g/mol. The molecule has 0 aliphatic heterocycles. The van der Waals surface area contributed by atoms with Crippen LogP contribution in [-0.4, -0.2) is 15.0 Å². The minimum absolute atomic E-state index is 0.426. The summed E-state index contributed by atoms with van der Waals surface area (Å²) in [5, 5.41) is 8.03. The van der Waals surface area contributed by atoms with E-state index in [1.54, 1.807) is 4.68 Å². The quantitative estimate of drug-likeness (QED) is 0.794. The molecule has 0 radical (unpaired) electrons. The Kier molecular flexibility index (Phi) is 4.47. The van der Waals surface area contributed by atoms with Gasteiger partial charge in [-0.25, -0.2) is 4.68 Å². The predicted molar refractivity (Wildman–Crippen MR) is 72.5 cm³/mol. The fraction of sp³-hybridized carbons (Fsp3) is 0.429. The Hall–Kier alpha value is -1.68. The van der Waals surface area contributed by atoms with Gasteiger partial charge in [0.05, 0.1) is 17.6 Å². The summed E-state index contributed by atoms with van der Waals surface area (Å²) in [4.78, 5) is 0. The second-order valence-corrected chi connectivity index (χ2v) is 4.48. The monoisotopic (exact) mass is 244 g/mol. The molecule has 1 heterocycles. The van der Waals surface area contributed by atoms with Gasteiger partial charge in [0, 0.05) is 6.54 Å². The molecule has 96 valence electrons. The lowest BCUT2D eigenvalue weighted by Gasteiger charge is -2.03. The van der Waals surface area contributed by atoms with Crippen LogP contribution in [0.3, 0.4) is 0 Å². The first-order chi connectivity index (χ1) is 8.83. The third-order valence-electron chi connectivity index (χ3n) is 3.02. The van der Waals surface area contributed by atoms with E-state index in [2.05, 4.69) is 41.5 Å². The van der Waals surface area contributed by atoms with E-state index in [4.69, 9.17) is 5.73 Å². The van der Waals surface area contributed by atoms with E-state index in [1.807, 2.05) is 6.20 Å². The highest BCUT2D eigenvalue weighted by Gasteiger charge is 2.01. The molecule has 0 bridgehead atoms. The molecule has 18 heavy (non-hydrogen) atoms. The second kappa shape index (κ2) is 6.31. The lowest BCUT2D eigenvalue weighted by Crippen LogP contribution is -1.96. The molecule has 0 atom stereocenters. The molecule has 2 aromatic rings. The van der Waals surface area contributed by atoms with E-state index >= 15 is 0 Å². The van der Waals surface area contributed by atoms with Crippen LogP contribution in [0.15, 0.2) is 30.5 Å². The molecule has 0 saturated heterocycles. The summed E-state index contributed by atoms with van der Waals surface area (Å²) in [6.07, 6.45) is 6.84. The van der Waals surface area contributed by atoms with Gasteiger partial charge < -0.3 is 5.73 Å². The van der Waals surface area contributed by atoms with Crippen LogP contribution >= 0.6 is 0 Å². The topological polar surface area (TPSA) is 56.7 Å². The fourth-order valence-electron chi connectivity index (χ4n) is 1.91. The standard InChI is InChI=1S/C14H20N4/c1-2-3-4-5-12-6-8-14(9-7-12)18-11-13(10-15)16-17-18/h6-9,11H,2-5,10,15H2,1H3. The van der Waals surface area contributed by atoms with Crippen LogP contribution in [0.25, 0.3) is 5.69 Å². The van der Waals surface area contributed by atoms with Crippen LogP contribution in [0.1, 0.15) is 37.4 Å². The third-order valence-corrected chi connectivity index (χ3v) is 3.02. The molecule has 2 rings (SSSR count). The zero-order valence-electron chi connectivity index (χ0n) is 10.8. The van der Waals surface area contributed by atoms with Gasteiger partial charge in [0.1, 0.15) is 0 Å². The Labute approximate surface area is 108 Å². The van der Waals surface area contributed by atoms with Gasteiger partial charge in [0.15, 0.2) is 0 Å². The van der Waals surface area contributed by atoms with E-state index in [0.29, 0.717) is 6.54 Å². The highest BCUT2D eigenvalue weighted by atomic mass is 15.4. The van der Waals surface area contributed by atoms with E-state index in [1.165, 1.54) is 24.8 Å². The SMILES string of the molecule is CCCCCc1ccc(-n2cc(CN)nn2)cc1. The van der Waals surface area contributed by atoms with Gasteiger partial charge in [-0.15, -0.1) is 5.10 Å². The summed E-state index contributed by atoms with van der Waals surface area (Å²) >= 11 is 0. The van der Waals surface area contributed by atoms with Gasteiger partial charge in [0.25, 0.3) is 0 Å². The molecule has 0 saturated carbocycles. The number of nitrogens with zero attached hydrogens (tertiary/aromatic N) is 3. The molecule has 0 spiro atoms. The normalized spacial score (nSPS) is 10.8. The average Bonchev–Trinajstić information content (AvgIpc) is 2.89. The molecular weight excluding hydrogens is 224 g/mol.